The van der Waals surface area contributed by atoms with Gasteiger partial charge in [0.05, 0.1) is 6.04 Å². The molecule has 1 fully saturated rings. The normalized spacial score (nSPS) is 20.1. The largest absolute Gasteiger partial charge is 0.339 e. The maximum atomic E-state index is 12.4. The molecule has 0 spiro atoms. The zero-order chi connectivity index (χ0) is 13.1. The number of nitrogens with zero attached hydrogens (tertiary/aromatic N) is 1. The third kappa shape index (κ3) is 3.70. The molecule has 1 amide bonds. The fraction of sp³-hybridized carbons (Fsp3) is 0.929. The first-order valence-electron chi connectivity index (χ1n) is 6.94. The van der Waals surface area contributed by atoms with Gasteiger partial charge in [0.15, 0.2) is 0 Å². The number of amides is 1. The van der Waals surface area contributed by atoms with Crippen molar-refractivity contribution in [2.75, 3.05) is 6.54 Å². The quantitative estimate of drug-likeness (QED) is 0.824. The second-order valence-electron chi connectivity index (χ2n) is 6.26. The van der Waals surface area contributed by atoms with Gasteiger partial charge in [0.2, 0.25) is 5.91 Å². The smallest absolute Gasteiger partial charge is 0.240 e. The van der Waals surface area contributed by atoms with Crippen molar-refractivity contribution >= 4 is 5.91 Å². The van der Waals surface area contributed by atoms with Gasteiger partial charge in [0, 0.05) is 12.6 Å². The molecule has 0 unspecified atom stereocenters. The number of hydrogen-bond acceptors (Lipinski definition) is 2. The van der Waals surface area contributed by atoms with Crippen molar-refractivity contribution in [3.05, 3.63) is 0 Å². The van der Waals surface area contributed by atoms with Crippen LogP contribution in [0.5, 0.6) is 0 Å². The lowest BCUT2D eigenvalue weighted by Gasteiger charge is -2.38. The van der Waals surface area contributed by atoms with E-state index in [4.69, 9.17) is 5.73 Å². The number of rotatable bonds is 3. The van der Waals surface area contributed by atoms with Gasteiger partial charge in [-0.2, -0.15) is 0 Å². The van der Waals surface area contributed by atoms with Crippen molar-refractivity contribution < 1.29 is 4.79 Å². The Morgan fingerprint density at radius 2 is 1.82 bits per heavy atom. The van der Waals surface area contributed by atoms with Crippen LogP contribution in [0.4, 0.5) is 0 Å². The van der Waals surface area contributed by atoms with Crippen LogP contribution >= 0.6 is 0 Å². The van der Waals surface area contributed by atoms with Crippen LogP contribution in [-0.4, -0.2) is 29.4 Å². The molecule has 3 heteroatoms. The summed E-state index contributed by atoms with van der Waals surface area (Å²) in [6, 6.07) is 0.0408. The van der Waals surface area contributed by atoms with E-state index in [1.807, 2.05) is 25.7 Å². The highest BCUT2D eigenvalue weighted by atomic mass is 16.2. The van der Waals surface area contributed by atoms with Crippen LogP contribution in [0.1, 0.15) is 59.8 Å². The Bertz CT molecular complexity index is 251. The van der Waals surface area contributed by atoms with Crippen molar-refractivity contribution in [1.29, 1.82) is 0 Å². The highest BCUT2D eigenvalue weighted by Gasteiger charge is 2.33. The molecule has 0 saturated heterocycles. The second-order valence-corrected chi connectivity index (χ2v) is 6.26. The molecule has 0 aromatic heterocycles. The van der Waals surface area contributed by atoms with Gasteiger partial charge in [-0.25, -0.2) is 0 Å². The fourth-order valence-electron chi connectivity index (χ4n) is 2.54. The van der Waals surface area contributed by atoms with E-state index >= 15 is 0 Å². The summed E-state index contributed by atoms with van der Waals surface area (Å²) in [6.07, 6.45) is 6.11. The SMILES string of the molecule is CCN(C(=O)[C@@H](N)C(C)(C)C)C1CCCCC1. The molecule has 1 rings (SSSR count). The standard InChI is InChI=1S/C14H28N2O/c1-5-16(11-9-7-6-8-10-11)13(17)12(15)14(2,3)4/h11-12H,5-10,15H2,1-4H3/t12-/m1/s1. The minimum atomic E-state index is -0.385. The Labute approximate surface area is 106 Å². The maximum absolute atomic E-state index is 12.4. The average molecular weight is 240 g/mol. The van der Waals surface area contributed by atoms with Crippen molar-refractivity contribution in [3.8, 4) is 0 Å². The molecule has 0 aromatic carbocycles. The lowest BCUT2D eigenvalue weighted by Crippen LogP contribution is -2.53. The second kappa shape index (κ2) is 5.85. The predicted octanol–water partition coefficient (Wildman–Crippen LogP) is 2.54. The summed E-state index contributed by atoms with van der Waals surface area (Å²) >= 11 is 0. The van der Waals surface area contributed by atoms with Gasteiger partial charge in [-0.05, 0) is 25.2 Å². The third-order valence-corrected chi connectivity index (χ3v) is 3.84. The van der Waals surface area contributed by atoms with E-state index < -0.39 is 0 Å². The first-order valence-corrected chi connectivity index (χ1v) is 6.94. The molecule has 0 heterocycles. The Morgan fingerprint density at radius 1 is 1.29 bits per heavy atom. The summed E-state index contributed by atoms with van der Waals surface area (Å²) < 4.78 is 0. The minimum absolute atomic E-state index is 0.131. The summed E-state index contributed by atoms with van der Waals surface area (Å²) in [6.45, 7) is 8.94. The van der Waals surface area contributed by atoms with Crippen molar-refractivity contribution in [2.45, 2.75) is 71.9 Å². The summed E-state index contributed by atoms with van der Waals surface area (Å²) in [5.74, 6) is 0.131. The van der Waals surface area contributed by atoms with Crippen LogP contribution < -0.4 is 5.73 Å². The summed E-state index contributed by atoms with van der Waals surface area (Å²) in [7, 11) is 0. The van der Waals surface area contributed by atoms with Crippen LogP contribution in [-0.2, 0) is 4.79 Å². The molecular weight excluding hydrogens is 212 g/mol. The van der Waals surface area contributed by atoms with Gasteiger partial charge in [-0.15, -0.1) is 0 Å². The van der Waals surface area contributed by atoms with Crippen LogP contribution in [0.15, 0.2) is 0 Å². The van der Waals surface area contributed by atoms with Crippen molar-refractivity contribution in [3.63, 3.8) is 0 Å². The molecule has 1 saturated carbocycles. The molecule has 0 aliphatic heterocycles. The van der Waals surface area contributed by atoms with E-state index in [-0.39, 0.29) is 17.4 Å². The first-order chi connectivity index (χ1) is 7.88. The molecule has 1 aliphatic carbocycles. The minimum Gasteiger partial charge on any atom is -0.339 e. The molecule has 1 atom stereocenters. The van der Waals surface area contributed by atoms with Crippen molar-refractivity contribution in [1.82, 2.24) is 4.90 Å². The summed E-state index contributed by atoms with van der Waals surface area (Å²) in [5.41, 5.74) is 5.93. The summed E-state index contributed by atoms with van der Waals surface area (Å²) in [4.78, 5) is 14.4. The van der Waals surface area contributed by atoms with Gasteiger partial charge in [0.1, 0.15) is 0 Å². The highest BCUT2D eigenvalue weighted by molar-refractivity contribution is 5.82. The van der Waals surface area contributed by atoms with Crippen LogP contribution in [0, 0.1) is 5.41 Å². The van der Waals surface area contributed by atoms with Gasteiger partial charge in [-0.3, -0.25) is 4.79 Å². The molecule has 0 radical (unpaired) electrons. The topological polar surface area (TPSA) is 46.3 Å². The molecule has 3 nitrogen and oxygen atoms in total. The zero-order valence-electron chi connectivity index (χ0n) is 11.8. The van der Waals surface area contributed by atoms with Crippen molar-refractivity contribution in [2.24, 2.45) is 11.1 Å². The first kappa shape index (κ1) is 14.5. The Morgan fingerprint density at radius 3 is 2.24 bits per heavy atom. The molecule has 0 bridgehead atoms. The zero-order valence-corrected chi connectivity index (χ0v) is 11.8. The predicted molar refractivity (Wildman–Crippen MR) is 71.7 cm³/mol. The van der Waals surface area contributed by atoms with Gasteiger partial charge in [-0.1, -0.05) is 40.0 Å². The lowest BCUT2D eigenvalue weighted by molar-refractivity contribution is -0.137. The number of nitrogens with two attached hydrogens (primary N) is 1. The van der Waals surface area contributed by atoms with Crippen LogP contribution in [0.2, 0.25) is 0 Å². The van der Waals surface area contributed by atoms with E-state index in [1.54, 1.807) is 0 Å². The maximum Gasteiger partial charge on any atom is 0.240 e. The van der Waals surface area contributed by atoms with Crippen LogP contribution in [0.25, 0.3) is 0 Å². The Kier molecular flexibility index (Phi) is 4.99. The number of likely N-dealkylation sites (N-methyl/N-ethyl adjacent to an activating group) is 1. The Balaban J connectivity index is 2.69. The highest BCUT2D eigenvalue weighted by Crippen LogP contribution is 2.25. The Hall–Kier alpha value is -0.570. The summed E-state index contributed by atoms with van der Waals surface area (Å²) in [5, 5.41) is 0. The third-order valence-electron chi connectivity index (χ3n) is 3.84. The molecule has 100 valence electrons. The fourth-order valence-corrected chi connectivity index (χ4v) is 2.54. The van der Waals surface area contributed by atoms with Gasteiger partial charge in [0.25, 0.3) is 0 Å². The monoisotopic (exact) mass is 240 g/mol. The van der Waals surface area contributed by atoms with E-state index in [0.717, 1.165) is 19.4 Å². The number of hydrogen-bond donors (Lipinski definition) is 1. The number of carbonyl (C=O) groups is 1. The van der Waals surface area contributed by atoms with E-state index in [9.17, 15) is 4.79 Å². The van der Waals surface area contributed by atoms with Gasteiger partial charge < -0.3 is 10.6 Å². The molecule has 1 aliphatic rings. The molecule has 17 heavy (non-hydrogen) atoms. The van der Waals surface area contributed by atoms with E-state index in [0.29, 0.717) is 6.04 Å². The lowest BCUT2D eigenvalue weighted by atomic mass is 9.85. The average Bonchev–Trinajstić information content (AvgIpc) is 2.29. The molecule has 0 aromatic rings. The van der Waals surface area contributed by atoms with E-state index in [2.05, 4.69) is 6.92 Å². The molecule has 2 N–H and O–H groups in total. The number of carbonyl (C=O) groups excluding carboxylic acids is 1. The van der Waals surface area contributed by atoms with Gasteiger partial charge >= 0.3 is 0 Å². The van der Waals surface area contributed by atoms with E-state index in [1.165, 1.54) is 19.3 Å². The van der Waals surface area contributed by atoms with Crippen LogP contribution in [0.3, 0.4) is 0 Å². The molecular formula is C14H28N2O.